The zero-order valence-corrected chi connectivity index (χ0v) is 21.5. The fourth-order valence-electron chi connectivity index (χ4n) is 6.05. The fourth-order valence-corrected chi connectivity index (χ4v) is 6.05. The third kappa shape index (κ3) is 4.76. The minimum Gasteiger partial charge on any atom is -0.481 e. The minimum absolute atomic E-state index is 0.0369. The normalized spacial score (nSPS) is 26.9. The van der Waals surface area contributed by atoms with Gasteiger partial charge in [-0.25, -0.2) is 9.37 Å². The molecule has 1 saturated carbocycles. The minimum atomic E-state index is -0.539. The number of methoxy groups -OCH3 is 1. The number of aromatic amines is 1. The van der Waals surface area contributed by atoms with Crippen molar-refractivity contribution >= 4 is 11.8 Å². The van der Waals surface area contributed by atoms with E-state index in [1.165, 1.54) is 13.2 Å². The summed E-state index contributed by atoms with van der Waals surface area (Å²) in [5, 5.41) is 10.2. The molecule has 0 aromatic carbocycles. The molecule has 6 rings (SSSR count). The van der Waals surface area contributed by atoms with Crippen molar-refractivity contribution < 1.29 is 28.2 Å². The maximum Gasteiger partial charge on any atom is 0.274 e. The van der Waals surface area contributed by atoms with E-state index in [9.17, 15) is 14.0 Å². The van der Waals surface area contributed by atoms with Crippen molar-refractivity contribution in [3.63, 3.8) is 0 Å². The summed E-state index contributed by atoms with van der Waals surface area (Å²) in [6, 6.07) is 3.15. The van der Waals surface area contributed by atoms with Crippen LogP contribution in [0.1, 0.15) is 36.2 Å². The summed E-state index contributed by atoms with van der Waals surface area (Å²) >= 11 is 0. The SMILES string of the molecule is COc1cc(-c2cc(C(=O)N3CC[C@H](C(=O)N[C@H]4COC[C@H]4N4CCOCC4)CC34CC4)n[nH]2)c(F)cn1. The van der Waals surface area contributed by atoms with E-state index in [-0.39, 0.29) is 52.5 Å². The van der Waals surface area contributed by atoms with E-state index in [1.54, 1.807) is 6.07 Å². The lowest BCUT2D eigenvalue weighted by Crippen LogP contribution is -2.56. The first-order chi connectivity index (χ1) is 18.5. The van der Waals surface area contributed by atoms with Gasteiger partial charge in [-0.15, -0.1) is 0 Å². The van der Waals surface area contributed by atoms with E-state index in [0.29, 0.717) is 51.5 Å². The van der Waals surface area contributed by atoms with Crippen molar-refractivity contribution in [2.45, 2.75) is 43.3 Å². The molecule has 1 aliphatic carbocycles. The Hall–Kier alpha value is -3.09. The molecule has 3 saturated heterocycles. The number of aromatic nitrogens is 3. The largest absolute Gasteiger partial charge is 0.481 e. The van der Waals surface area contributed by atoms with Crippen LogP contribution in [0.25, 0.3) is 11.3 Å². The zero-order valence-electron chi connectivity index (χ0n) is 21.5. The second kappa shape index (κ2) is 10.2. The van der Waals surface area contributed by atoms with Crippen LogP contribution in [0, 0.1) is 11.7 Å². The van der Waals surface area contributed by atoms with Gasteiger partial charge in [0.2, 0.25) is 11.8 Å². The van der Waals surface area contributed by atoms with E-state index >= 15 is 0 Å². The van der Waals surface area contributed by atoms with Crippen LogP contribution in [0.3, 0.4) is 0 Å². The molecule has 5 heterocycles. The quantitative estimate of drug-likeness (QED) is 0.574. The number of pyridine rings is 1. The highest BCUT2D eigenvalue weighted by atomic mass is 19.1. The Balaban J connectivity index is 1.10. The molecule has 2 aromatic heterocycles. The number of nitrogens with zero attached hydrogens (tertiary/aromatic N) is 4. The predicted molar refractivity (Wildman–Crippen MR) is 133 cm³/mol. The van der Waals surface area contributed by atoms with Crippen molar-refractivity contribution in [3.05, 3.63) is 29.8 Å². The van der Waals surface area contributed by atoms with Crippen LogP contribution in [0.15, 0.2) is 18.3 Å². The van der Waals surface area contributed by atoms with Crippen LogP contribution in [0.4, 0.5) is 4.39 Å². The first-order valence-corrected chi connectivity index (χ1v) is 13.2. The molecule has 0 unspecified atom stereocenters. The van der Waals surface area contributed by atoms with Gasteiger partial charge in [0.25, 0.3) is 5.91 Å². The molecular weight excluding hydrogens is 495 g/mol. The van der Waals surface area contributed by atoms with E-state index in [1.807, 2.05) is 4.90 Å². The van der Waals surface area contributed by atoms with E-state index in [4.69, 9.17) is 14.2 Å². The number of hydrogen-bond donors (Lipinski definition) is 2. The fraction of sp³-hybridized carbons (Fsp3) is 0.615. The smallest absolute Gasteiger partial charge is 0.274 e. The second-order valence-corrected chi connectivity index (χ2v) is 10.6. The summed E-state index contributed by atoms with van der Waals surface area (Å²) in [5.41, 5.74) is 0.503. The number of likely N-dealkylation sites (tertiary alicyclic amines) is 1. The average molecular weight is 529 g/mol. The highest BCUT2D eigenvalue weighted by molar-refractivity contribution is 5.94. The van der Waals surface area contributed by atoms with Gasteiger partial charge in [-0.1, -0.05) is 0 Å². The van der Waals surface area contributed by atoms with Gasteiger partial charge in [0.1, 0.15) is 0 Å². The van der Waals surface area contributed by atoms with E-state index < -0.39 is 5.82 Å². The number of H-pyrrole nitrogens is 1. The molecule has 2 aromatic rings. The molecule has 3 aliphatic heterocycles. The third-order valence-electron chi connectivity index (χ3n) is 8.36. The highest BCUT2D eigenvalue weighted by Gasteiger charge is 2.55. The summed E-state index contributed by atoms with van der Waals surface area (Å²) in [6.45, 7) is 4.71. The van der Waals surface area contributed by atoms with Crippen LogP contribution < -0.4 is 10.1 Å². The van der Waals surface area contributed by atoms with E-state index in [0.717, 1.165) is 32.1 Å². The maximum absolute atomic E-state index is 14.4. The number of nitrogens with one attached hydrogen (secondary N) is 2. The van der Waals surface area contributed by atoms with Crippen molar-refractivity contribution in [1.29, 1.82) is 0 Å². The number of ether oxygens (including phenoxy) is 3. The van der Waals surface area contributed by atoms with Crippen molar-refractivity contribution in [1.82, 2.24) is 30.3 Å². The molecule has 12 heteroatoms. The van der Waals surface area contributed by atoms with Crippen molar-refractivity contribution in [2.75, 3.05) is 53.2 Å². The Kier molecular flexibility index (Phi) is 6.79. The number of morpholine rings is 1. The molecule has 4 fully saturated rings. The molecule has 0 bridgehead atoms. The number of amides is 2. The molecule has 4 aliphatic rings. The van der Waals surface area contributed by atoms with Crippen LogP contribution in [0.2, 0.25) is 0 Å². The maximum atomic E-state index is 14.4. The van der Waals surface area contributed by atoms with Gasteiger partial charge in [-0.3, -0.25) is 19.6 Å². The van der Waals surface area contributed by atoms with Crippen molar-refractivity contribution in [3.8, 4) is 17.1 Å². The second-order valence-electron chi connectivity index (χ2n) is 10.6. The van der Waals surface area contributed by atoms with Gasteiger partial charge in [0, 0.05) is 42.7 Å². The molecular formula is C26H33FN6O5. The van der Waals surface area contributed by atoms with Crippen molar-refractivity contribution in [2.24, 2.45) is 5.92 Å². The number of hydrogen-bond acceptors (Lipinski definition) is 8. The number of carbonyl (C=O) groups excluding carboxylic acids is 2. The van der Waals surface area contributed by atoms with Gasteiger partial charge in [-0.05, 0) is 31.7 Å². The number of halogens is 1. The Bertz CT molecular complexity index is 1200. The van der Waals surface area contributed by atoms with Gasteiger partial charge < -0.3 is 24.4 Å². The third-order valence-corrected chi connectivity index (χ3v) is 8.36. The molecule has 2 N–H and O–H groups in total. The van der Waals surface area contributed by atoms with Gasteiger partial charge in [0.15, 0.2) is 11.5 Å². The molecule has 38 heavy (non-hydrogen) atoms. The van der Waals surface area contributed by atoms with Gasteiger partial charge >= 0.3 is 0 Å². The number of rotatable bonds is 6. The Morgan fingerprint density at radius 3 is 2.76 bits per heavy atom. The number of carbonyl (C=O) groups is 2. The first kappa shape index (κ1) is 25.2. The van der Waals surface area contributed by atoms with Crippen LogP contribution in [-0.4, -0.2) is 108 Å². The van der Waals surface area contributed by atoms with Gasteiger partial charge in [0.05, 0.1) is 57.5 Å². The Labute approximate surface area is 220 Å². The molecule has 2 amide bonds. The number of piperidine rings is 1. The Morgan fingerprint density at radius 2 is 2.00 bits per heavy atom. The summed E-state index contributed by atoms with van der Waals surface area (Å²) in [5.74, 6) is -0.590. The highest BCUT2D eigenvalue weighted by Crippen LogP contribution is 2.50. The van der Waals surface area contributed by atoms with Crippen LogP contribution in [0.5, 0.6) is 5.88 Å². The summed E-state index contributed by atoms with van der Waals surface area (Å²) < 4.78 is 30.6. The predicted octanol–water partition coefficient (Wildman–Crippen LogP) is 1.22. The summed E-state index contributed by atoms with van der Waals surface area (Å²) in [6.07, 6.45) is 4.01. The topological polar surface area (TPSA) is 122 Å². The standard InChI is InChI=1S/C26H33FN6O5/c1-36-23-10-17(18(27)13-28-23)19-11-20(31-30-19)25(35)33-5-2-16(12-26(33)3-4-26)24(34)29-21-14-38-15-22(21)32-6-8-37-9-7-32/h10-11,13,16,21-22H,2-9,12,14-15H2,1H3,(H,29,34)(H,30,31)/t16-,21-,22+/m0/s1. The lowest BCUT2D eigenvalue weighted by molar-refractivity contribution is -0.128. The monoisotopic (exact) mass is 528 g/mol. The lowest BCUT2D eigenvalue weighted by Gasteiger charge is -2.40. The molecule has 0 radical (unpaired) electrons. The molecule has 3 atom stereocenters. The summed E-state index contributed by atoms with van der Waals surface area (Å²) in [4.78, 5) is 34.8. The van der Waals surface area contributed by atoms with Gasteiger partial charge in [-0.2, -0.15) is 5.10 Å². The van der Waals surface area contributed by atoms with Crippen LogP contribution in [-0.2, 0) is 14.3 Å². The molecule has 11 nitrogen and oxygen atoms in total. The Morgan fingerprint density at radius 1 is 1.18 bits per heavy atom. The van der Waals surface area contributed by atoms with Crippen LogP contribution >= 0.6 is 0 Å². The van der Waals surface area contributed by atoms with E-state index in [2.05, 4.69) is 25.4 Å². The molecule has 204 valence electrons. The summed E-state index contributed by atoms with van der Waals surface area (Å²) in [7, 11) is 1.45. The lowest BCUT2D eigenvalue weighted by atomic mass is 9.87. The zero-order chi connectivity index (χ0) is 26.3. The average Bonchev–Trinajstić information content (AvgIpc) is 3.31. The first-order valence-electron chi connectivity index (χ1n) is 13.2. The molecule has 1 spiro atoms.